The Kier molecular flexibility index (Phi) is 3.17. The third-order valence-electron chi connectivity index (χ3n) is 2.55. The average molecular weight is 217 g/mol. The molecule has 1 atom stereocenters. The summed E-state index contributed by atoms with van der Waals surface area (Å²) in [7, 11) is 2.16. The maximum atomic E-state index is 3.68. The van der Waals surface area contributed by atoms with Crippen molar-refractivity contribution in [1.82, 2.24) is 0 Å². The monoisotopic (exact) mass is 217 g/mol. The Bertz CT molecular complexity index is 384. The topological polar surface area (TPSA) is 3.24 Å². The van der Waals surface area contributed by atoms with Crippen LogP contribution in [0.1, 0.15) is 6.42 Å². The van der Waals surface area contributed by atoms with Gasteiger partial charge in [0.25, 0.3) is 0 Å². The highest BCUT2D eigenvalue weighted by Gasteiger charge is 2.25. The van der Waals surface area contributed by atoms with Gasteiger partial charge in [-0.1, -0.05) is 48.7 Å². The SMILES string of the molecule is C=CC=CCC1Sc2ccccc2N1C. The van der Waals surface area contributed by atoms with E-state index in [0.29, 0.717) is 5.37 Å². The molecule has 1 aliphatic rings. The number of thioether (sulfide) groups is 1. The van der Waals surface area contributed by atoms with Gasteiger partial charge in [0.2, 0.25) is 0 Å². The number of nitrogens with zero attached hydrogens (tertiary/aromatic N) is 1. The van der Waals surface area contributed by atoms with Crippen molar-refractivity contribution in [2.24, 2.45) is 0 Å². The molecule has 0 aliphatic carbocycles. The molecule has 0 N–H and O–H groups in total. The normalized spacial score (nSPS) is 19.5. The fourth-order valence-corrected chi connectivity index (χ4v) is 2.99. The van der Waals surface area contributed by atoms with E-state index in [2.05, 4.69) is 48.9 Å². The van der Waals surface area contributed by atoms with E-state index in [4.69, 9.17) is 0 Å². The summed E-state index contributed by atoms with van der Waals surface area (Å²) in [6.07, 6.45) is 7.07. The van der Waals surface area contributed by atoms with Crippen LogP contribution in [0.5, 0.6) is 0 Å². The molecule has 0 bridgehead atoms. The number of fused-ring (bicyclic) bond motifs is 1. The molecule has 0 spiro atoms. The number of benzene rings is 1. The lowest BCUT2D eigenvalue weighted by atomic mass is 10.3. The lowest BCUT2D eigenvalue weighted by molar-refractivity contribution is 0.854. The average Bonchev–Trinajstić information content (AvgIpc) is 2.57. The summed E-state index contributed by atoms with van der Waals surface area (Å²) in [4.78, 5) is 3.73. The molecule has 1 nitrogen and oxygen atoms in total. The van der Waals surface area contributed by atoms with Gasteiger partial charge in [-0.05, 0) is 18.6 Å². The van der Waals surface area contributed by atoms with Crippen LogP contribution in [0.15, 0.2) is 54.0 Å². The second-order valence-electron chi connectivity index (χ2n) is 3.55. The van der Waals surface area contributed by atoms with Gasteiger partial charge < -0.3 is 4.90 Å². The van der Waals surface area contributed by atoms with Gasteiger partial charge in [-0.2, -0.15) is 0 Å². The number of para-hydroxylation sites is 1. The number of hydrogen-bond acceptors (Lipinski definition) is 2. The summed E-state index contributed by atoms with van der Waals surface area (Å²) in [6.45, 7) is 3.68. The van der Waals surface area contributed by atoms with Crippen molar-refractivity contribution in [3.05, 3.63) is 49.1 Å². The second-order valence-corrected chi connectivity index (χ2v) is 4.77. The van der Waals surface area contributed by atoms with Crippen molar-refractivity contribution < 1.29 is 0 Å². The molecule has 15 heavy (non-hydrogen) atoms. The molecule has 0 aromatic heterocycles. The van der Waals surface area contributed by atoms with Crippen molar-refractivity contribution in [3.63, 3.8) is 0 Å². The maximum Gasteiger partial charge on any atom is 0.0829 e. The third-order valence-corrected chi connectivity index (χ3v) is 3.93. The van der Waals surface area contributed by atoms with Crippen LogP contribution in [0, 0.1) is 0 Å². The smallest absolute Gasteiger partial charge is 0.0829 e. The molecule has 0 fully saturated rings. The predicted molar refractivity (Wildman–Crippen MR) is 68.4 cm³/mol. The minimum Gasteiger partial charge on any atom is -0.361 e. The summed E-state index contributed by atoms with van der Waals surface area (Å²) in [5.74, 6) is 0. The lowest BCUT2D eigenvalue weighted by Crippen LogP contribution is -2.23. The van der Waals surface area contributed by atoms with Gasteiger partial charge >= 0.3 is 0 Å². The third kappa shape index (κ3) is 2.10. The van der Waals surface area contributed by atoms with E-state index < -0.39 is 0 Å². The highest BCUT2D eigenvalue weighted by Crippen LogP contribution is 2.43. The van der Waals surface area contributed by atoms with Crippen LogP contribution in [0.2, 0.25) is 0 Å². The molecule has 1 aliphatic heterocycles. The lowest BCUT2D eigenvalue weighted by Gasteiger charge is -2.19. The zero-order valence-electron chi connectivity index (χ0n) is 8.89. The molecule has 0 saturated carbocycles. The number of anilines is 1. The summed E-state index contributed by atoms with van der Waals surface area (Å²) in [5.41, 5.74) is 1.35. The summed E-state index contributed by atoms with van der Waals surface area (Å²) < 4.78 is 0. The van der Waals surface area contributed by atoms with E-state index in [1.165, 1.54) is 10.6 Å². The second kappa shape index (κ2) is 4.58. The summed E-state index contributed by atoms with van der Waals surface area (Å²) in [5, 5.41) is 0.526. The molecule has 1 aromatic carbocycles. The quantitative estimate of drug-likeness (QED) is 0.710. The molecule has 0 saturated heterocycles. The minimum absolute atomic E-state index is 0.526. The van der Waals surface area contributed by atoms with Gasteiger partial charge in [0, 0.05) is 11.9 Å². The van der Waals surface area contributed by atoms with Gasteiger partial charge in [0.15, 0.2) is 0 Å². The summed E-state index contributed by atoms with van der Waals surface area (Å²) >= 11 is 1.94. The van der Waals surface area contributed by atoms with Crippen LogP contribution in [-0.4, -0.2) is 12.4 Å². The van der Waals surface area contributed by atoms with Gasteiger partial charge in [-0.15, -0.1) is 0 Å². The standard InChI is InChI=1S/C13H15NS/c1-3-4-5-10-13-14(2)11-8-6-7-9-12(11)15-13/h3-9,13H,1,10H2,2H3. The summed E-state index contributed by atoms with van der Waals surface area (Å²) in [6, 6.07) is 8.56. The van der Waals surface area contributed by atoms with Crippen molar-refractivity contribution in [2.75, 3.05) is 11.9 Å². The van der Waals surface area contributed by atoms with Crippen LogP contribution in [0.3, 0.4) is 0 Å². The first kappa shape index (κ1) is 10.4. The van der Waals surface area contributed by atoms with Gasteiger partial charge in [-0.25, -0.2) is 0 Å². The van der Waals surface area contributed by atoms with E-state index >= 15 is 0 Å². The largest absolute Gasteiger partial charge is 0.361 e. The Hall–Kier alpha value is -1.15. The van der Waals surface area contributed by atoms with Gasteiger partial charge in [-0.3, -0.25) is 0 Å². The van der Waals surface area contributed by atoms with Crippen LogP contribution < -0.4 is 4.90 Å². The number of rotatable bonds is 3. The van der Waals surface area contributed by atoms with E-state index in [1.807, 2.05) is 23.9 Å². The number of allylic oxidation sites excluding steroid dienone is 2. The molecule has 0 amide bonds. The van der Waals surface area contributed by atoms with E-state index in [1.54, 1.807) is 0 Å². The first-order valence-corrected chi connectivity index (χ1v) is 5.97. The van der Waals surface area contributed by atoms with Crippen LogP contribution >= 0.6 is 11.8 Å². The minimum atomic E-state index is 0.526. The highest BCUT2D eigenvalue weighted by molar-refractivity contribution is 8.00. The van der Waals surface area contributed by atoms with Crippen LogP contribution in [0.25, 0.3) is 0 Å². The first-order chi connectivity index (χ1) is 7.33. The molecule has 1 unspecified atom stereocenters. The Labute approximate surface area is 95.5 Å². The molecule has 1 aromatic rings. The maximum absolute atomic E-state index is 3.68. The Morgan fingerprint density at radius 1 is 1.47 bits per heavy atom. The molecule has 2 rings (SSSR count). The molecule has 0 radical (unpaired) electrons. The van der Waals surface area contributed by atoms with Crippen LogP contribution in [-0.2, 0) is 0 Å². The predicted octanol–water partition coefficient (Wildman–Crippen LogP) is 3.69. The number of hydrogen-bond donors (Lipinski definition) is 0. The van der Waals surface area contributed by atoms with Crippen molar-refractivity contribution >= 4 is 17.4 Å². The molecule has 1 heterocycles. The first-order valence-electron chi connectivity index (χ1n) is 5.09. The molecule has 78 valence electrons. The molecular formula is C13H15NS. The Morgan fingerprint density at radius 2 is 2.27 bits per heavy atom. The zero-order valence-corrected chi connectivity index (χ0v) is 9.70. The van der Waals surface area contributed by atoms with E-state index in [9.17, 15) is 0 Å². The van der Waals surface area contributed by atoms with Crippen molar-refractivity contribution in [3.8, 4) is 0 Å². The zero-order chi connectivity index (χ0) is 10.7. The van der Waals surface area contributed by atoms with Crippen molar-refractivity contribution in [2.45, 2.75) is 16.7 Å². The fraction of sp³-hybridized carbons (Fsp3) is 0.231. The van der Waals surface area contributed by atoms with Gasteiger partial charge in [0.05, 0.1) is 11.1 Å². The van der Waals surface area contributed by atoms with Crippen molar-refractivity contribution in [1.29, 1.82) is 0 Å². The van der Waals surface area contributed by atoms with Gasteiger partial charge in [0.1, 0.15) is 0 Å². The molecule has 2 heteroatoms. The Balaban J connectivity index is 2.09. The molecular weight excluding hydrogens is 202 g/mol. The van der Waals surface area contributed by atoms with E-state index in [-0.39, 0.29) is 0 Å². The van der Waals surface area contributed by atoms with E-state index in [0.717, 1.165) is 6.42 Å². The Morgan fingerprint density at radius 3 is 3.00 bits per heavy atom. The fourth-order valence-electron chi connectivity index (χ4n) is 1.73. The van der Waals surface area contributed by atoms with Crippen LogP contribution in [0.4, 0.5) is 5.69 Å². The highest BCUT2D eigenvalue weighted by atomic mass is 32.2.